The number of ether oxygens (including phenoxy) is 1. The lowest BCUT2D eigenvalue weighted by atomic mass is 9.88. The fraction of sp³-hybridized carbons (Fsp3) is 0.235. The number of hydrogen-bond acceptors (Lipinski definition) is 6. The van der Waals surface area contributed by atoms with Crippen LogP contribution in [0.5, 0.6) is 11.9 Å². The van der Waals surface area contributed by atoms with E-state index in [1.54, 1.807) is 0 Å². The van der Waals surface area contributed by atoms with Crippen LogP contribution in [-0.2, 0) is 6.42 Å². The van der Waals surface area contributed by atoms with Gasteiger partial charge in [0.05, 0.1) is 0 Å². The van der Waals surface area contributed by atoms with Crippen LogP contribution in [0.3, 0.4) is 0 Å². The molecule has 7 heteroatoms. The first-order valence-electron chi connectivity index (χ1n) is 7.75. The number of aryl methyl sites for hydroxylation is 1. The Kier molecular flexibility index (Phi) is 4.25. The van der Waals surface area contributed by atoms with Crippen molar-refractivity contribution < 1.29 is 14.3 Å². The first kappa shape index (κ1) is 16.0. The Bertz CT molecular complexity index is 955. The van der Waals surface area contributed by atoms with Gasteiger partial charge in [-0.15, -0.1) is 0 Å². The Morgan fingerprint density at radius 2 is 2.08 bits per heavy atom. The van der Waals surface area contributed by atoms with Gasteiger partial charge in [-0.1, -0.05) is 36.7 Å². The molecule has 0 fully saturated rings. The SMILES string of the molecule is Bc1ccccc1[C@@H](C)Oc1nc(O)c2c(CC)cc(=O)oc2n1. The van der Waals surface area contributed by atoms with E-state index in [2.05, 4.69) is 9.97 Å². The topological polar surface area (TPSA) is 85.5 Å². The average molecular weight is 324 g/mol. The minimum atomic E-state index is -0.518. The van der Waals surface area contributed by atoms with E-state index in [1.165, 1.54) is 6.07 Å². The maximum Gasteiger partial charge on any atom is 0.337 e. The van der Waals surface area contributed by atoms with Crippen molar-refractivity contribution in [1.29, 1.82) is 0 Å². The molecule has 24 heavy (non-hydrogen) atoms. The predicted octanol–water partition coefficient (Wildman–Crippen LogP) is 1.25. The lowest BCUT2D eigenvalue weighted by Gasteiger charge is -2.16. The standard InChI is InChI=1S/C17H17BN2O4/c1-3-10-8-13(21)24-16-14(10)15(22)19-17(20-16)23-9(2)11-6-4-5-7-12(11)18/h4-9H,3,18H2,1-2H3,(H,19,20,22)/t9-/m1/s1. The molecule has 0 unspecified atom stereocenters. The molecule has 0 aliphatic rings. The van der Waals surface area contributed by atoms with Gasteiger partial charge in [-0.25, -0.2) is 4.79 Å². The van der Waals surface area contributed by atoms with Gasteiger partial charge in [0.25, 0.3) is 0 Å². The molecule has 6 nitrogen and oxygen atoms in total. The lowest BCUT2D eigenvalue weighted by Crippen LogP contribution is -2.17. The van der Waals surface area contributed by atoms with Crippen LogP contribution in [0.4, 0.5) is 0 Å². The molecule has 2 heterocycles. The summed E-state index contributed by atoms with van der Waals surface area (Å²) in [6.07, 6.45) is 0.239. The van der Waals surface area contributed by atoms with Gasteiger partial charge in [0, 0.05) is 6.07 Å². The van der Waals surface area contributed by atoms with Gasteiger partial charge in [0.15, 0.2) is 0 Å². The van der Waals surface area contributed by atoms with E-state index >= 15 is 0 Å². The zero-order valence-corrected chi connectivity index (χ0v) is 13.7. The monoisotopic (exact) mass is 324 g/mol. The van der Waals surface area contributed by atoms with E-state index < -0.39 is 5.63 Å². The smallest absolute Gasteiger partial charge is 0.337 e. The van der Waals surface area contributed by atoms with Crippen molar-refractivity contribution in [2.45, 2.75) is 26.4 Å². The van der Waals surface area contributed by atoms with Crippen LogP contribution in [0.1, 0.15) is 31.1 Å². The van der Waals surface area contributed by atoms with Gasteiger partial charge in [0.2, 0.25) is 11.6 Å². The maximum absolute atomic E-state index is 11.6. The number of rotatable bonds is 4. The number of nitrogens with zero attached hydrogens (tertiary/aromatic N) is 2. The largest absolute Gasteiger partial charge is 0.493 e. The molecule has 0 radical (unpaired) electrons. The molecule has 2 aromatic heterocycles. The van der Waals surface area contributed by atoms with Gasteiger partial charge in [-0.2, -0.15) is 9.97 Å². The van der Waals surface area contributed by atoms with E-state index in [4.69, 9.17) is 9.15 Å². The highest BCUT2D eigenvalue weighted by Crippen LogP contribution is 2.28. The first-order chi connectivity index (χ1) is 11.5. The van der Waals surface area contributed by atoms with Crippen LogP contribution in [-0.4, -0.2) is 22.9 Å². The molecule has 1 atom stereocenters. The van der Waals surface area contributed by atoms with Crippen molar-refractivity contribution in [2.75, 3.05) is 0 Å². The quantitative estimate of drug-likeness (QED) is 0.727. The van der Waals surface area contributed by atoms with Crippen LogP contribution in [0.2, 0.25) is 0 Å². The summed E-state index contributed by atoms with van der Waals surface area (Å²) in [6, 6.07) is 9.11. The number of hydrogen-bond donors (Lipinski definition) is 1. The van der Waals surface area contributed by atoms with E-state index in [1.807, 2.05) is 46.0 Å². The summed E-state index contributed by atoms with van der Waals surface area (Å²) >= 11 is 0. The Morgan fingerprint density at radius 1 is 1.33 bits per heavy atom. The molecule has 1 N–H and O–H groups in total. The summed E-state index contributed by atoms with van der Waals surface area (Å²) in [5.41, 5.74) is 2.21. The van der Waals surface area contributed by atoms with Crippen LogP contribution >= 0.6 is 0 Å². The minimum absolute atomic E-state index is 0.0267. The highest BCUT2D eigenvalue weighted by Gasteiger charge is 2.17. The van der Waals surface area contributed by atoms with Crippen molar-refractivity contribution in [3.05, 3.63) is 51.9 Å². The van der Waals surface area contributed by atoms with Gasteiger partial charge in [-0.3, -0.25) is 0 Å². The molecule has 0 amide bonds. The highest BCUT2D eigenvalue weighted by molar-refractivity contribution is 6.33. The third-order valence-corrected chi connectivity index (χ3v) is 3.94. The average Bonchev–Trinajstić information content (AvgIpc) is 2.53. The molecule has 122 valence electrons. The number of benzene rings is 1. The van der Waals surface area contributed by atoms with Crippen molar-refractivity contribution in [3.8, 4) is 11.9 Å². The molecular weight excluding hydrogens is 307 g/mol. The van der Waals surface area contributed by atoms with Gasteiger partial charge in [-0.05, 0) is 24.5 Å². The second kappa shape index (κ2) is 6.35. The van der Waals surface area contributed by atoms with Crippen molar-refractivity contribution >= 4 is 24.4 Å². The van der Waals surface area contributed by atoms with Crippen molar-refractivity contribution in [1.82, 2.24) is 9.97 Å². The normalized spacial score (nSPS) is 12.2. The fourth-order valence-corrected chi connectivity index (χ4v) is 2.70. The zero-order chi connectivity index (χ0) is 17.3. The van der Waals surface area contributed by atoms with Crippen LogP contribution in [0.15, 0.2) is 39.5 Å². The molecule has 0 saturated heterocycles. The third kappa shape index (κ3) is 2.97. The first-order valence-corrected chi connectivity index (χ1v) is 7.75. The third-order valence-electron chi connectivity index (χ3n) is 3.94. The molecule has 0 bridgehead atoms. The Labute approximate surface area is 139 Å². The second-order valence-electron chi connectivity index (χ2n) is 5.57. The predicted molar refractivity (Wildman–Crippen MR) is 92.8 cm³/mol. The van der Waals surface area contributed by atoms with Gasteiger partial charge in [0.1, 0.15) is 19.3 Å². The highest BCUT2D eigenvalue weighted by atomic mass is 16.5. The minimum Gasteiger partial charge on any atom is -0.493 e. The van der Waals surface area contributed by atoms with Crippen LogP contribution in [0.25, 0.3) is 11.1 Å². The zero-order valence-electron chi connectivity index (χ0n) is 13.7. The van der Waals surface area contributed by atoms with Gasteiger partial charge >= 0.3 is 11.6 Å². The van der Waals surface area contributed by atoms with Crippen LogP contribution in [0, 0.1) is 0 Å². The van der Waals surface area contributed by atoms with E-state index in [0.717, 1.165) is 11.0 Å². The van der Waals surface area contributed by atoms with Crippen molar-refractivity contribution in [3.63, 3.8) is 0 Å². The molecule has 3 aromatic rings. The summed E-state index contributed by atoms with van der Waals surface area (Å²) in [6.45, 7) is 3.74. The van der Waals surface area contributed by atoms with Crippen molar-refractivity contribution in [2.24, 2.45) is 0 Å². The fourth-order valence-electron chi connectivity index (χ4n) is 2.70. The number of fused-ring (bicyclic) bond motifs is 1. The molecule has 0 saturated carbocycles. The second-order valence-corrected chi connectivity index (χ2v) is 5.57. The summed E-state index contributed by atoms with van der Waals surface area (Å²) < 4.78 is 10.8. The Morgan fingerprint density at radius 3 is 2.79 bits per heavy atom. The number of aromatic hydroxyl groups is 1. The Hall–Kier alpha value is -2.83. The summed E-state index contributed by atoms with van der Waals surface area (Å²) in [4.78, 5) is 19.8. The maximum atomic E-state index is 11.6. The molecule has 0 spiro atoms. The van der Waals surface area contributed by atoms with E-state index in [0.29, 0.717) is 17.4 Å². The molecule has 0 aliphatic heterocycles. The summed E-state index contributed by atoms with van der Waals surface area (Å²) in [5.74, 6) is -0.257. The molecule has 1 aromatic carbocycles. The van der Waals surface area contributed by atoms with Gasteiger partial charge < -0.3 is 14.3 Å². The molecule has 3 rings (SSSR count). The summed E-state index contributed by atoms with van der Waals surface area (Å²) in [5, 5.41) is 10.5. The lowest BCUT2D eigenvalue weighted by molar-refractivity contribution is 0.206. The summed E-state index contributed by atoms with van der Waals surface area (Å²) in [7, 11) is 1.99. The molecule has 0 aliphatic carbocycles. The molecular formula is C17H17BN2O4. The van der Waals surface area contributed by atoms with E-state index in [-0.39, 0.29) is 23.7 Å². The van der Waals surface area contributed by atoms with E-state index in [9.17, 15) is 9.90 Å². The Balaban J connectivity index is 2.02. The van der Waals surface area contributed by atoms with Crippen LogP contribution < -0.4 is 15.8 Å². The number of aromatic nitrogens is 2.